The number of fused-ring (bicyclic) bond motifs is 2. The van der Waals surface area contributed by atoms with Crippen LogP contribution >= 0.6 is 23.5 Å². The summed E-state index contributed by atoms with van der Waals surface area (Å²) in [5.41, 5.74) is 13.3. The van der Waals surface area contributed by atoms with Crippen molar-refractivity contribution < 1.29 is 37.3 Å². The Balaban J connectivity index is 0.000000191. The summed E-state index contributed by atoms with van der Waals surface area (Å²) in [7, 11) is 3.31. The number of methoxy groups -OCH3 is 2. The first-order chi connectivity index (χ1) is 30.3. The van der Waals surface area contributed by atoms with Crippen molar-refractivity contribution in [3.63, 3.8) is 0 Å². The van der Waals surface area contributed by atoms with Crippen LogP contribution in [0.1, 0.15) is 97.6 Å². The molecule has 4 heterocycles. The number of carbonyl (C=O) groups excluding carboxylic acids is 2. The molecule has 2 aliphatic carbocycles. The van der Waals surface area contributed by atoms with Crippen LogP contribution in [0.4, 0.5) is 8.78 Å². The molecule has 0 radical (unpaired) electrons. The Morgan fingerprint density at radius 2 is 1.06 bits per heavy atom. The van der Waals surface area contributed by atoms with Gasteiger partial charge >= 0.3 is 0 Å². The number of hydrogen-bond donors (Lipinski definition) is 2. The van der Waals surface area contributed by atoms with Crippen molar-refractivity contribution in [2.24, 2.45) is 33.3 Å². The first kappa shape index (κ1) is 46.9. The van der Waals surface area contributed by atoms with Gasteiger partial charge in [-0.05, 0) is 89.8 Å². The lowest BCUT2D eigenvalue weighted by Crippen LogP contribution is -2.37. The second-order valence-corrected chi connectivity index (χ2v) is 20.4. The predicted molar refractivity (Wildman–Crippen MR) is 243 cm³/mol. The molecule has 2 aromatic carbocycles. The molecule has 8 rings (SSSR count). The minimum absolute atomic E-state index is 0.0335. The van der Waals surface area contributed by atoms with E-state index in [2.05, 4.69) is 29.9 Å². The predicted octanol–water partition coefficient (Wildman–Crippen LogP) is 7.02. The molecule has 2 aliphatic heterocycles. The molecule has 64 heavy (non-hydrogen) atoms. The molecule has 2 fully saturated rings. The lowest BCUT2D eigenvalue weighted by atomic mass is 9.84. The number of benzene rings is 2. The molecule has 0 unspecified atom stereocenters. The zero-order valence-electron chi connectivity index (χ0n) is 37.2. The molecule has 18 heteroatoms. The van der Waals surface area contributed by atoms with Gasteiger partial charge in [0.15, 0.2) is 21.9 Å². The molecule has 14 nitrogen and oxygen atoms in total. The van der Waals surface area contributed by atoms with E-state index < -0.39 is 11.1 Å². The number of ether oxygens (including phenoxy) is 4. The van der Waals surface area contributed by atoms with Crippen LogP contribution in [0.5, 0.6) is 11.8 Å². The van der Waals surface area contributed by atoms with E-state index in [4.69, 9.17) is 30.4 Å². The highest BCUT2D eigenvalue weighted by Crippen LogP contribution is 2.67. The maximum Gasteiger partial charge on any atom is 0.232 e. The quantitative estimate of drug-likeness (QED) is 0.109. The third kappa shape index (κ3) is 9.79. The lowest BCUT2D eigenvalue weighted by molar-refractivity contribution is 0.0979. The fourth-order valence-electron chi connectivity index (χ4n) is 8.88. The minimum atomic E-state index is -0.813. The first-order valence-corrected chi connectivity index (χ1v) is 22.6. The average Bonchev–Trinajstić information content (AvgIpc) is 4.14. The summed E-state index contributed by atoms with van der Waals surface area (Å²) < 4.78 is 51.3. The van der Waals surface area contributed by atoms with Crippen molar-refractivity contribution >= 4 is 45.4 Å². The number of halogens is 2. The molecular formula is C46H54F2N8O6S2. The molecular weight excluding hydrogens is 863 g/mol. The van der Waals surface area contributed by atoms with Crippen LogP contribution in [0.25, 0.3) is 0 Å². The van der Waals surface area contributed by atoms with Gasteiger partial charge in [0.1, 0.15) is 23.0 Å². The average molecular weight is 917 g/mol. The fraction of sp³-hybridized carbons (Fsp3) is 0.478. The Labute approximate surface area is 380 Å². The molecule has 4 N–H and O–H groups in total. The van der Waals surface area contributed by atoms with Gasteiger partial charge in [0.25, 0.3) is 0 Å². The van der Waals surface area contributed by atoms with Gasteiger partial charge in [-0.3, -0.25) is 19.6 Å². The summed E-state index contributed by atoms with van der Waals surface area (Å²) in [4.78, 5) is 51.4. The van der Waals surface area contributed by atoms with Crippen LogP contribution < -0.4 is 20.9 Å². The van der Waals surface area contributed by atoms with Crippen molar-refractivity contribution in [2.75, 3.05) is 27.4 Å². The van der Waals surface area contributed by atoms with Gasteiger partial charge in [-0.15, -0.1) is 0 Å². The Bertz CT molecular complexity index is 2290. The van der Waals surface area contributed by atoms with Crippen molar-refractivity contribution in [3.05, 3.63) is 106 Å². The topological polar surface area (TPSA) is 199 Å². The number of hydrogen-bond acceptors (Lipinski definition) is 16. The third-order valence-electron chi connectivity index (χ3n) is 11.9. The Kier molecular flexibility index (Phi) is 13.5. The van der Waals surface area contributed by atoms with E-state index in [0.717, 1.165) is 12.8 Å². The van der Waals surface area contributed by atoms with Crippen LogP contribution in [0.2, 0.25) is 0 Å². The van der Waals surface area contributed by atoms with E-state index in [1.54, 1.807) is 38.5 Å². The number of Topliss-reactive ketones (excluding diaryl/α,β-unsaturated/α-hetero) is 2. The number of aromatic nitrogens is 4. The number of thioether (sulfide) groups is 2. The molecule has 0 spiro atoms. The Morgan fingerprint density at radius 1 is 0.672 bits per heavy atom. The highest BCUT2D eigenvalue weighted by Gasteiger charge is 2.67. The molecule has 0 bridgehead atoms. The molecule has 2 saturated carbocycles. The molecule has 6 atom stereocenters. The van der Waals surface area contributed by atoms with Gasteiger partial charge in [0.2, 0.25) is 11.8 Å². The second-order valence-electron chi connectivity index (χ2n) is 17.5. The first-order valence-electron chi connectivity index (χ1n) is 21.0. The Hall–Kier alpha value is -5.04. The van der Waals surface area contributed by atoms with E-state index in [-0.39, 0.29) is 81.0 Å². The molecule has 4 aliphatic rings. The van der Waals surface area contributed by atoms with E-state index in [9.17, 15) is 18.4 Å². The SMILES string of the molecule is COC[C@]12C[C@H]1[C@@](C)(c1cc(CC(=O)c3cnc(OC(C)C)cn3)ccc1F)N=C(N)S2.COC[C@]12C[C@H]1[C@@](C)(c1cc(CC(=O)c3cnc(OC(C)C)cn3)ccc1F)N=C(N)S2. The highest BCUT2D eigenvalue weighted by molar-refractivity contribution is 8.15. The van der Waals surface area contributed by atoms with Gasteiger partial charge in [-0.1, -0.05) is 35.7 Å². The van der Waals surface area contributed by atoms with Crippen molar-refractivity contribution in [1.82, 2.24) is 19.9 Å². The molecule has 0 saturated heterocycles. The maximum absolute atomic E-state index is 15.0. The second kappa shape index (κ2) is 18.4. The summed E-state index contributed by atoms with van der Waals surface area (Å²) in [6, 6.07) is 9.46. The molecule has 4 aromatic rings. The van der Waals surface area contributed by atoms with Gasteiger partial charge in [-0.2, -0.15) is 0 Å². The zero-order valence-corrected chi connectivity index (χ0v) is 38.8. The summed E-state index contributed by atoms with van der Waals surface area (Å²) in [5, 5.41) is 0.858. The van der Waals surface area contributed by atoms with Crippen molar-refractivity contribution in [2.45, 2.75) is 100 Å². The van der Waals surface area contributed by atoms with Gasteiger partial charge in [0, 0.05) is 50.0 Å². The highest BCUT2D eigenvalue weighted by atomic mass is 32.2. The number of carbonyl (C=O) groups is 2. The summed E-state index contributed by atoms with van der Waals surface area (Å²) >= 11 is 3.02. The van der Waals surface area contributed by atoms with Crippen LogP contribution in [0.3, 0.4) is 0 Å². The molecule has 0 amide bonds. The lowest BCUT2D eigenvalue weighted by Gasteiger charge is -2.34. The van der Waals surface area contributed by atoms with Crippen LogP contribution in [-0.4, -0.2) is 91.0 Å². The zero-order chi connectivity index (χ0) is 46.2. The standard InChI is InChI=1S/2C23H27FN4O3S/c2*1-13(2)31-20-11-26-17(10-27-20)18(29)8-14-5-6-16(24)15(7-14)22(3)19-9-23(19,12-30-4)32-21(25)28-22/h2*5-7,10-11,13,19H,8-9,12H2,1-4H3,(H2,25,28)/t2*19-,22+,23+/m00/s1. The number of aliphatic imine (C=N–C) groups is 2. The van der Waals surface area contributed by atoms with Gasteiger partial charge in [0.05, 0.1) is 70.8 Å². The van der Waals surface area contributed by atoms with Crippen LogP contribution in [0.15, 0.2) is 71.2 Å². The van der Waals surface area contributed by atoms with Gasteiger partial charge in [-0.25, -0.2) is 28.7 Å². The molecule has 340 valence electrons. The van der Waals surface area contributed by atoms with Crippen molar-refractivity contribution in [3.8, 4) is 11.8 Å². The number of amidine groups is 2. The van der Waals surface area contributed by atoms with E-state index >= 15 is 0 Å². The van der Waals surface area contributed by atoms with Crippen LogP contribution in [-0.2, 0) is 33.4 Å². The molecule has 2 aromatic heterocycles. The summed E-state index contributed by atoms with van der Waals surface area (Å²) in [6.45, 7) is 12.4. The van der Waals surface area contributed by atoms with Crippen molar-refractivity contribution in [1.29, 1.82) is 0 Å². The number of nitrogens with two attached hydrogens (primary N) is 2. The normalized spacial score (nSPS) is 26.4. The number of rotatable bonds is 16. The monoisotopic (exact) mass is 916 g/mol. The summed E-state index contributed by atoms with van der Waals surface area (Å²) in [6.07, 6.45) is 7.44. The number of nitrogens with zero attached hydrogens (tertiary/aromatic N) is 6. The van der Waals surface area contributed by atoms with E-state index in [1.165, 1.54) is 60.4 Å². The largest absolute Gasteiger partial charge is 0.474 e. The fourth-order valence-corrected chi connectivity index (χ4v) is 11.8. The minimum Gasteiger partial charge on any atom is -0.474 e. The van der Waals surface area contributed by atoms with E-state index in [0.29, 0.717) is 57.6 Å². The van der Waals surface area contributed by atoms with Gasteiger partial charge < -0.3 is 30.4 Å². The summed E-state index contributed by atoms with van der Waals surface area (Å²) in [5.74, 6) is -0.205. The van der Waals surface area contributed by atoms with E-state index in [1.807, 2.05) is 41.5 Å². The van der Waals surface area contributed by atoms with Crippen LogP contribution in [0, 0.1) is 23.5 Å². The Morgan fingerprint density at radius 3 is 1.39 bits per heavy atom. The smallest absolute Gasteiger partial charge is 0.232 e. The third-order valence-corrected chi connectivity index (χ3v) is 14.5. The number of ketones is 2. The maximum atomic E-state index is 15.0.